The summed E-state index contributed by atoms with van der Waals surface area (Å²) in [4.78, 5) is 27.5. The van der Waals surface area contributed by atoms with Gasteiger partial charge in [0.25, 0.3) is 0 Å². The Morgan fingerprint density at radius 2 is 1.67 bits per heavy atom. The Morgan fingerprint density at radius 3 is 2.38 bits per heavy atom. The minimum absolute atomic E-state index is 0.167. The zero-order valence-electron chi connectivity index (χ0n) is 14.1. The second-order valence-electron chi connectivity index (χ2n) is 6.97. The number of morpholine rings is 1. The minimum Gasteiger partial charge on any atom is -0.371 e. The van der Waals surface area contributed by atoms with E-state index in [2.05, 4.69) is 14.9 Å². The van der Waals surface area contributed by atoms with Gasteiger partial charge < -0.3 is 19.4 Å². The van der Waals surface area contributed by atoms with Crippen molar-refractivity contribution in [1.29, 1.82) is 0 Å². The number of piperidine rings is 1. The molecule has 130 valence electrons. The van der Waals surface area contributed by atoms with Gasteiger partial charge in [0.1, 0.15) is 0 Å². The average Bonchev–Trinajstić information content (AvgIpc) is 3.17. The molecule has 7 heteroatoms. The van der Waals surface area contributed by atoms with Crippen LogP contribution < -0.4 is 4.90 Å². The fraction of sp³-hybridized carbons (Fsp3) is 0.706. The van der Waals surface area contributed by atoms with Crippen LogP contribution >= 0.6 is 0 Å². The summed E-state index contributed by atoms with van der Waals surface area (Å²) in [5.41, 5.74) is -0.167. The van der Waals surface area contributed by atoms with E-state index in [-0.39, 0.29) is 11.6 Å². The fourth-order valence-corrected chi connectivity index (χ4v) is 3.99. The van der Waals surface area contributed by atoms with Gasteiger partial charge in [-0.05, 0) is 31.7 Å². The molecule has 3 aliphatic rings. The summed E-state index contributed by atoms with van der Waals surface area (Å²) in [6.45, 7) is 5.70. The number of nitrogens with zero attached hydrogens (tertiary/aromatic N) is 5. The third kappa shape index (κ3) is 3.05. The lowest BCUT2D eigenvalue weighted by molar-refractivity contribution is -0.0871. The van der Waals surface area contributed by atoms with Gasteiger partial charge in [-0.25, -0.2) is 14.8 Å². The minimum atomic E-state index is -0.167. The Kier molecular flexibility index (Phi) is 4.26. The van der Waals surface area contributed by atoms with Crippen molar-refractivity contribution >= 4 is 12.0 Å². The molecule has 1 spiro atoms. The molecule has 1 aromatic heterocycles. The van der Waals surface area contributed by atoms with Gasteiger partial charge in [0.15, 0.2) is 0 Å². The van der Waals surface area contributed by atoms with Crippen molar-refractivity contribution in [3.05, 3.63) is 18.5 Å². The molecule has 24 heavy (non-hydrogen) atoms. The number of urea groups is 1. The first-order chi connectivity index (χ1) is 11.8. The van der Waals surface area contributed by atoms with Crippen LogP contribution in [0.5, 0.6) is 0 Å². The summed E-state index contributed by atoms with van der Waals surface area (Å²) >= 11 is 0. The maximum atomic E-state index is 12.5. The number of aromatic nitrogens is 2. The number of hydrogen-bond acceptors (Lipinski definition) is 5. The smallest absolute Gasteiger partial charge is 0.320 e. The molecule has 4 heterocycles. The molecule has 0 N–H and O–H groups in total. The monoisotopic (exact) mass is 331 g/mol. The summed E-state index contributed by atoms with van der Waals surface area (Å²) in [6, 6.07) is 2.05. The van der Waals surface area contributed by atoms with Crippen LogP contribution in [-0.2, 0) is 4.74 Å². The molecule has 0 aromatic carbocycles. The number of hydrogen-bond donors (Lipinski definition) is 0. The lowest BCUT2D eigenvalue weighted by Crippen LogP contribution is -2.58. The molecule has 0 atom stereocenters. The quantitative estimate of drug-likeness (QED) is 0.778. The molecular formula is C17H25N5O2. The first-order valence-corrected chi connectivity index (χ1v) is 8.96. The van der Waals surface area contributed by atoms with E-state index in [9.17, 15) is 4.79 Å². The van der Waals surface area contributed by atoms with E-state index in [0.717, 1.165) is 70.9 Å². The highest BCUT2D eigenvalue weighted by molar-refractivity contribution is 5.74. The van der Waals surface area contributed by atoms with Crippen molar-refractivity contribution in [1.82, 2.24) is 19.8 Å². The van der Waals surface area contributed by atoms with Crippen LogP contribution in [-0.4, -0.2) is 77.3 Å². The van der Waals surface area contributed by atoms with Crippen molar-refractivity contribution < 1.29 is 9.53 Å². The molecular weight excluding hydrogens is 306 g/mol. The molecule has 0 aliphatic carbocycles. The van der Waals surface area contributed by atoms with Crippen LogP contribution in [0.3, 0.4) is 0 Å². The normalized spacial score (nSPS) is 23.8. The number of rotatable bonds is 1. The third-order valence-electron chi connectivity index (χ3n) is 5.41. The zero-order valence-corrected chi connectivity index (χ0v) is 14.1. The van der Waals surface area contributed by atoms with Gasteiger partial charge in [0.2, 0.25) is 5.95 Å². The fourth-order valence-electron chi connectivity index (χ4n) is 3.99. The van der Waals surface area contributed by atoms with Crippen LogP contribution in [0, 0.1) is 0 Å². The summed E-state index contributed by atoms with van der Waals surface area (Å²) in [5, 5.41) is 0. The highest BCUT2D eigenvalue weighted by Crippen LogP contribution is 2.31. The largest absolute Gasteiger partial charge is 0.371 e. The summed E-state index contributed by atoms with van der Waals surface area (Å²) in [5.74, 6) is 0.774. The van der Waals surface area contributed by atoms with E-state index >= 15 is 0 Å². The van der Waals surface area contributed by atoms with E-state index in [0.29, 0.717) is 6.61 Å². The standard InChI is InChI=1S/C17H25N5O2/c23-16(20-8-1-2-9-20)21-10-4-17(5-11-21)14-22(12-13-24-17)15-18-6-3-7-19-15/h3,6-7H,1-2,4-5,8-14H2. The van der Waals surface area contributed by atoms with Crippen molar-refractivity contribution in [2.75, 3.05) is 50.8 Å². The first-order valence-electron chi connectivity index (χ1n) is 8.96. The first kappa shape index (κ1) is 15.6. The second kappa shape index (κ2) is 6.55. The number of carbonyl (C=O) groups is 1. The molecule has 7 nitrogen and oxygen atoms in total. The molecule has 0 radical (unpaired) electrons. The van der Waals surface area contributed by atoms with Gasteiger partial charge in [0, 0.05) is 45.1 Å². The molecule has 3 saturated heterocycles. The predicted molar refractivity (Wildman–Crippen MR) is 89.9 cm³/mol. The Morgan fingerprint density at radius 1 is 1.00 bits per heavy atom. The molecule has 3 fully saturated rings. The number of amides is 2. The molecule has 0 saturated carbocycles. The van der Waals surface area contributed by atoms with Crippen molar-refractivity contribution in [2.24, 2.45) is 0 Å². The number of carbonyl (C=O) groups excluding carboxylic acids is 1. The van der Waals surface area contributed by atoms with Crippen LogP contribution in [0.2, 0.25) is 0 Å². The van der Waals surface area contributed by atoms with Gasteiger partial charge in [-0.1, -0.05) is 0 Å². The van der Waals surface area contributed by atoms with E-state index in [4.69, 9.17) is 4.74 Å². The van der Waals surface area contributed by atoms with Gasteiger partial charge in [-0.2, -0.15) is 0 Å². The zero-order chi connectivity index (χ0) is 16.4. The van der Waals surface area contributed by atoms with Crippen LogP contribution in [0.15, 0.2) is 18.5 Å². The SMILES string of the molecule is O=C(N1CCCC1)N1CCC2(CC1)CN(c1ncccn1)CCO2. The maximum absolute atomic E-state index is 12.5. The third-order valence-corrected chi connectivity index (χ3v) is 5.41. The van der Waals surface area contributed by atoms with Crippen molar-refractivity contribution in [2.45, 2.75) is 31.3 Å². The lowest BCUT2D eigenvalue weighted by atomic mass is 9.89. The van der Waals surface area contributed by atoms with Gasteiger partial charge in [-0.3, -0.25) is 0 Å². The summed E-state index contributed by atoms with van der Waals surface area (Å²) in [7, 11) is 0. The Labute approximate surface area is 142 Å². The second-order valence-corrected chi connectivity index (χ2v) is 6.97. The highest BCUT2D eigenvalue weighted by Gasteiger charge is 2.42. The topological polar surface area (TPSA) is 61.8 Å². The van der Waals surface area contributed by atoms with E-state index in [1.165, 1.54) is 0 Å². The lowest BCUT2D eigenvalue weighted by Gasteiger charge is -2.47. The summed E-state index contributed by atoms with van der Waals surface area (Å²) in [6.07, 6.45) is 7.60. The molecule has 0 bridgehead atoms. The van der Waals surface area contributed by atoms with E-state index in [1.807, 2.05) is 15.9 Å². The number of anilines is 1. The van der Waals surface area contributed by atoms with Gasteiger partial charge in [-0.15, -0.1) is 0 Å². The molecule has 1 aromatic rings. The van der Waals surface area contributed by atoms with E-state index < -0.39 is 0 Å². The van der Waals surface area contributed by atoms with Gasteiger partial charge >= 0.3 is 6.03 Å². The Bertz CT molecular complexity index is 568. The molecule has 0 unspecified atom stereocenters. The molecule has 3 aliphatic heterocycles. The van der Waals surface area contributed by atoms with Crippen molar-refractivity contribution in [3.63, 3.8) is 0 Å². The number of likely N-dealkylation sites (tertiary alicyclic amines) is 2. The Balaban J connectivity index is 1.38. The van der Waals surface area contributed by atoms with Crippen LogP contribution in [0.4, 0.5) is 10.7 Å². The number of ether oxygens (including phenoxy) is 1. The molecule has 2 amide bonds. The van der Waals surface area contributed by atoms with Crippen LogP contribution in [0.25, 0.3) is 0 Å². The van der Waals surface area contributed by atoms with Gasteiger partial charge in [0.05, 0.1) is 18.8 Å². The maximum Gasteiger partial charge on any atom is 0.320 e. The van der Waals surface area contributed by atoms with Crippen molar-refractivity contribution in [3.8, 4) is 0 Å². The predicted octanol–water partition coefficient (Wildman–Crippen LogP) is 1.36. The average molecular weight is 331 g/mol. The molecule has 4 rings (SSSR count). The summed E-state index contributed by atoms with van der Waals surface area (Å²) < 4.78 is 6.16. The van der Waals surface area contributed by atoms with Crippen LogP contribution in [0.1, 0.15) is 25.7 Å². The highest BCUT2D eigenvalue weighted by atomic mass is 16.5. The Hall–Kier alpha value is -1.89. The van der Waals surface area contributed by atoms with E-state index in [1.54, 1.807) is 12.4 Å².